The molecule has 0 saturated heterocycles. The third kappa shape index (κ3) is 2.88. The number of hydrogen-bond acceptors (Lipinski definition) is 4. The highest BCUT2D eigenvalue weighted by atomic mass is 32.2. The van der Waals surface area contributed by atoms with Crippen molar-refractivity contribution in [3.8, 4) is 0 Å². The van der Waals surface area contributed by atoms with E-state index >= 15 is 0 Å². The second-order valence-electron chi connectivity index (χ2n) is 4.45. The number of nitrogens with two attached hydrogens (primary N) is 1. The zero-order valence-corrected chi connectivity index (χ0v) is 11.8. The van der Waals surface area contributed by atoms with Gasteiger partial charge in [0.25, 0.3) is 10.0 Å². The summed E-state index contributed by atoms with van der Waals surface area (Å²) in [7, 11) is -3.79. The lowest BCUT2D eigenvalue weighted by molar-refractivity contribution is 0.599. The first kappa shape index (κ1) is 14.3. The number of hydrogen-bond donors (Lipinski definition) is 2. The van der Waals surface area contributed by atoms with Crippen molar-refractivity contribution in [2.75, 3.05) is 10.5 Å². The van der Waals surface area contributed by atoms with Crippen LogP contribution in [0, 0.1) is 19.7 Å². The Morgan fingerprint density at radius 3 is 2.30 bits per heavy atom. The summed E-state index contributed by atoms with van der Waals surface area (Å²) in [5, 5.41) is 0. The van der Waals surface area contributed by atoms with Gasteiger partial charge in [0.1, 0.15) is 11.6 Å². The van der Waals surface area contributed by atoms with Gasteiger partial charge in [0.05, 0.1) is 11.1 Å². The van der Waals surface area contributed by atoms with Crippen molar-refractivity contribution in [1.29, 1.82) is 0 Å². The van der Waals surface area contributed by atoms with Crippen LogP contribution < -0.4 is 10.5 Å². The van der Waals surface area contributed by atoms with Crippen LogP contribution in [0.4, 0.5) is 15.9 Å². The number of nitrogens with one attached hydrogen (secondary N) is 1. The quantitative estimate of drug-likeness (QED) is 0.850. The molecular formula is C13H14FN3O2S. The third-order valence-corrected chi connectivity index (χ3v) is 4.38. The van der Waals surface area contributed by atoms with Gasteiger partial charge in [-0.05, 0) is 49.2 Å². The highest BCUT2D eigenvalue weighted by Gasteiger charge is 2.20. The Balaban J connectivity index is 2.43. The summed E-state index contributed by atoms with van der Waals surface area (Å²) in [6, 6.07) is 5.56. The number of nitrogens with zero attached hydrogens (tertiary/aromatic N) is 1. The minimum Gasteiger partial charge on any atom is -0.399 e. The Hall–Kier alpha value is -2.15. The first-order chi connectivity index (χ1) is 9.29. The standard InChI is InChI=1S/C13H14FN3O2S/c1-8-5-11(15)6-9(2)13(8)20(18,19)17-12-4-3-10(14)7-16-12/h3-7H,15H2,1-2H3,(H,16,17). The molecule has 106 valence electrons. The van der Waals surface area contributed by atoms with Gasteiger partial charge in [-0.1, -0.05) is 0 Å². The zero-order valence-electron chi connectivity index (χ0n) is 11.0. The van der Waals surface area contributed by atoms with Crippen LogP contribution in [0.1, 0.15) is 11.1 Å². The van der Waals surface area contributed by atoms with Crippen LogP contribution in [-0.2, 0) is 10.0 Å². The fourth-order valence-electron chi connectivity index (χ4n) is 2.03. The molecule has 7 heteroatoms. The number of anilines is 2. The van der Waals surface area contributed by atoms with E-state index in [0.717, 1.165) is 12.3 Å². The molecule has 1 aromatic heterocycles. The SMILES string of the molecule is Cc1cc(N)cc(C)c1S(=O)(=O)Nc1ccc(F)cn1. The third-order valence-electron chi connectivity index (χ3n) is 2.72. The van der Waals surface area contributed by atoms with Crippen LogP contribution >= 0.6 is 0 Å². The van der Waals surface area contributed by atoms with Crippen LogP contribution in [-0.4, -0.2) is 13.4 Å². The Morgan fingerprint density at radius 1 is 1.20 bits per heavy atom. The van der Waals surface area contributed by atoms with E-state index in [1.54, 1.807) is 26.0 Å². The maximum absolute atomic E-state index is 12.8. The molecule has 0 aliphatic carbocycles. The normalized spacial score (nSPS) is 11.3. The molecule has 1 heterocycles. The number of pyridine rings is 1. The molecular weight excluding hydrogens is 281 g/mol. The minimum absolute atomic E-state index is 0.0574. The number of aromatic nitrogens is 1. The molecule has 1 aromatic carbocycles. The van der Waals surface area contributed by atoms with Gasteiger partial charge >= 0.3 is 0 Å². The van der Waals surface area contributed by atoms with Crippen molar-refractivity contribution in [2.24, 2.45) is 0 Å². The fourth-order valence-corrected chi connectivity index (χ4v) is 3.50. The molecule has 5 nitrogen and oxygen atoms in total. The Kier molecular flexibility index (Phi) is 3.63. The highest BCUT2D eigenvalue weighted by molar-refractivity contribution is 7.92. The smallest absolute Gasteiger partial charge is 0.263 e. The van der Waals surface area contributed by atoms with Crippen molar-refractivity contribution >= 4 is 21.5 Å². The molecule has 0 saturated carbocycles. The van der Waals surface area contributed by atoms with Crippen molar-refractivity contribution in [3.05, 3.63) is 47.4 Å². The lowest BCUT2D eigenvalue weighted by Gasteiger charge is -2.13. The summed E-state index contributed by atoms with van der Waals surface area (Å²) in [5.41, 5.74) is 7.25. The van der Waals surface area contributed by atoms with Crippen LogP contribution in [0.15, 0.2) is 35.4 Å². The maximum Gasteiger partial charge on any atom is 0.263 e. The predicted octanol–water partition coefficient (Wildman–Crippen LogP) is 2.22. The number of aryl methyl sites for hydroxylation is 2. The number of rotatable bonds is 3. The Labute approximate surface area is 116 Å². The molecule has 0 bridgehead atoms. The minimum atomic E-state index is -3.79. The summed E-state index contributed by atoms with van der Waals surface area (Å²) >= 11 is 0. The molecule has 2 aromatic rings. The molecule has 0 unspecified atom stereocenters. The largest absolute Gasteiger partial charge is 0.399 e. The number of benzene rings is 1. The summed E-state index contributed by atoms with van der Waals surface area (Å²) in [6.45, 7) is 3.33. The van der Waals surface area contributed by atoms with Crippen LogP contribution in [0.3, 0.4) is 0 Å². The number of nitrogen functional groups attached to an aromatic ring is 1. The first-order valence-electron chi connectivity index (χ1n) is 5.81. The topological polar surface area (TPSA) is 85.1 Å². The van der Waals surface area contributed by atoms with E-state index < -0.39 is 15.8 Å². The van der Waals surface area contributed by atoms with E-state index in [1.165, 1.54) is 6.07 Å². The lowest BCUT2D eigenvalue weighted by atomic mass is 10.1. The molecule has 0 spiro atoms. The van der Waals surface area contributed by atoms with E-state index in [-0.39, 0.29) is 10.7 Å². The average molecular weight is 295 g/mol. The second-order valence-corrected chi connectivity index (χ2v) is 6.07. The van der Waals surface area contributed by atoms with Gasteiger partial charge in [-0.2, -0.15) is 0 Å². The maximum atomic E-state index is 12.8. The molecule has 0 amide bonds. The molecule has 0 radical (unpaired) electrons. The van der Waals surface area contributed by atoms with E-state index in [0.29, 0.717) is 16.8 Å². The number of sulfonamides is 1. The van der Waals surface area contributed by atoms with Gasteiger partial charge in [0, 0.05) is 5.69 Å². The van der Waals surface area contributed by atoms with Gasteiger partial charge in [0.2, 0.25) is 0 Å². The van der Waals surface area contributed by atoms with Gasteiger partial charge < -0.3 is 5.73 Å². The molecule has 2 rings (SSSR count). The zero-order chi connectivity index (χ0) is 14.9. The monoisotopic (exact) mass is 295 g/mol. The highest BCUT2D eigenvalue weighted by Crippen LogP contribution is 2.24. The van der Waals surface area contributed by atoms with Gasteiger partial charge in [0.15, 0.2) is 0 Å². The average Bonchev–Trinajstić information content (AvgIpc) is 2.30. The van der Waals surface area contributed by atoms with Crippen molar-refractivity contribution in [2.45, 2.75) is 18.7 Å². The molecule has 0 aliphatic heterocycles. The van der Waals surface area contributed by atoms with E-state index in [4.69, 9.17) is 5.73 Å². The van der Waals surface area contributed by atoms with Crippen LogP contribution in [0.5, 0.6) is 0 Å². The van der Waals surface area contributed by atoms with Gasteiger partial charge in [-0.15, -0.1) is 0 Å². The number of halogens is 1. The summed E-state index contributed by atoms with van der Waals surface area (Å²) in [6.07, 6.45) is 0.945. The van der Waals surface area contributed by atoms with Crippen molar-refractivity contribution in [3.63, 3.8) is 0 Å². The molecule has 0 fully saturated rings. The van der Waals surface area contributed by atoms with E-state index in [9.17, 15) is 12.8 Å². The fraction of sp³-hybridized carbons (Fsp3) is 0.154. The van der Waals surface area contributed by atoms with Crippen molar-refractivity contribution in [1.82, 2.24) is 4.98 Å². The Morgan fingerprint density at radius 2 is 1.80 bits per heavy atom. The van der Waals surface area contributed by atoms with Gasteiger partial charge in [-0.25, -0.2) is 17.8 Å². The summed E-state index contributed by atoms with van der Waals surface area (Å²) < 4.78 is 39.8. The second kappa shape index (κ2) is 5.09. The van der Waals surface area contributed by atoms with E-state index in [2.05, 4.69) is 9.71 Å². The molecule has 0 aliphatic rings. The van der Waals surface area contributed by atoms with Crippen LogP contribution in [0.2, 0.25) is 0 Å². The molecule has 0 atom stereocenters. The lowest BCUT2D eigenvalue weighted by Crippen LogP contribution is -2.16. The van der Waals surface area contributed by atoms with Gasteiger partial charge in [-0.3, -0.25) is 4.72 Å². The molecule has 3 N–H and O–H groups in total. The first-order valence-corrected chi connectivity index (χ1v) is 7.29. The summed E-state index contributed by atoms with van der Waals surface area (Å²) in [4.78, 5) is 3.83. The molecule has 20 heavy (non-hydrogen) atoms. The Bertz CT molecular complexity index is 720. The predicted molar refractivity (Wildman–Crippen MR) is 75.3 cm³/mol. The van der Waals surface area contributed by atoms with E-state index in [1.807, 2.05) is 0 Å². The summed E-state index contributed by atoms with van der Waals surface area (Å²) in [5.74, 6) is -0.477. The van der Waals surface area contributed by atoms with Crippen molar-refractivity contribution < 1.29 is 12.8 Å². The van der Waals surface area contributed by atoms with Crippen LogP contribution in [0.25, 0.3) is 0 Å².